The first-order chi connectivity index (χ1) is 14.1. The van der Waals surface area contributed by atoms with Crippen LogP contribution in [0.5, 0.6) is 0 Å². The highest BCUT2D eigenvalue weighted by Crippen LogP contribution is 2.27. The zero-order valence-corrected chi connectivity index (χ0v) is 16.6. The number of aryl methyl sites for hydroxylation is 2. The number of hydrogen-bond acceptors (Lipinski definition) is 5. The minimum atomic E-state index is -0.0420. The molecular weight excluding hydrogens is 364 g/mol. The van der Waals surface area contributed by atoms with Gasteiger partial charge in [0.2, 0.25) is 0 Å². The summed E-state index contributed by atoms with van der Waals surface area (Å²) in [7, 11) is 0. The molecule has 4 aromatic rings. The van der Waals surface area contributed by atoms with E-state index in [2.05, 4.69) is 9.88 Å². The molecule has 3 heterocycles. The van der Waals surface area contributed by atoms with Gasteiger partial charge in [-0.15, -0.1) is 0 Å². The van der Waals surface area contributed by atoms with Gasteiger partial charge in [-0.25, -0.2) is 9.97 Å². The third-order valence-corrected chi connectivity index (χ3v) is 5.62. The fraction of sp³-hybridized carbons (Fsp3) is 0.261. The highest BCUT2D eigenvalue weighted by molar-refractivity contribution is 5.99. The summed E-state index contributed by atoms with van der Waals surface area (Å²) in [6, 6.07) is 15.7. The van der Waals surface area contributed by atoms with Gasteiger partial charge in [0.25, 0.3) is 5.91 Å². The van der Waals surface area contributed by atoms with Crippen LogP contribution in [0.25, 0.3) is 22.0 Å². The van der Waals surface area contributed by atoms with E-state index in [9.17, 15) is 4.79 Å². The zero-order chi connectivity index (χ0) is 20.0. The lowest BCUT2D eigenvalue weighted by molar-refractivity contribution is 0.0716. The van der Waals surface area contributed by atoms with Crippen molar-refractivity contribution in [1.82, 2.24) is 14.9 Å². The molecule has 2 aromatic carbocycles. The predicted octanol–water partition coefficient (Wildman–Crippen LogP) is 3.96. The number of rotatable bonds is 2. The van der Waals surface area contributed by atoms with Gasteiger partial charge < -0.3 is 14.2 Å². The number of anilines is 1. The highest BCUT2D eigenvalue weighted by atomic mass is 16.3. The van der Waals surface area contributed by atoms with E-state index in [0.29, 0.717) is 18.8 Å². The van der Waals surface area contributed by atoms with Gasteiger partial charge in [0.1, 0.15) is 5.58 Å². The summed E-state index contributed by atoms with van der Waals surface area (Å²) in [5.41, 5.74) is 4.38. The lowest BCUT2D eigenvalue weighted by Crippen LogP contribution is -2.49. The maximum atomic E-state index is 13.1. The maximum Gasteiger partial charge on any atom is 0.290 e. The summed E-state index contributed by atoms with van der Waals surface area (Å²) in [6.45, 7) is 6.64. The normalized spacial score (nSPS) is 14.7. The first kappa shape index (κ1) is 17.7. The molecule has 1 amide bonds. The molecule has 6 heteroatoms. The second-order valence-electron chi connectivity index (χ2n) is 7.45. The van der Waals surface area contributed by atoms with E-state index in [1.54, 1.807) is 0 Å². The molecule has 1 saturated heterocycles. The number of carbonyl (C=O) groups excluding carboxylic acids is 1. The average molecular weight is 386 g/mol. The van der Waals surface area contributed by atoms with Crippen LogP contribution in [0, 0.1) is 13.8 Å². The topological polar surface area (TPSA) is 62.5 Å². The molecule has 1 aliphatic heterocycles. The summed E-state index contributed by atoms with van der Waals surface area (Å²) in [5, 5.41) is 0.997. The lowest BCUT2D eigenvalue weighted by Gasteiger charge is -2.35. The van der Waals surface area contributed by atoms with Crippen LogP contribution in [0.15, 0.2) is 52.9 Å². The second kappa shape index (κ2) is 6.88. The molecular formula is C23H22N4O2. The molecule has 1 fully saturated rings. The molecule has 0 radical (unpaired) electrons. The Bertz CT molecular complexity index is 1220. The number of benzene rings is 2. The monoisotopic (exact) mass is 386 g/mol. The van der Waals surface area contributed by atoms with Gasteiger partial charge >= 0.3 is 0 Å². The van der Waals surface area contributed by atoms with Crippen molar-refractivity contribution in [3.05, 3.63) is 65.5 Å². The quantitative estimate of drug-likeness (QED) is 0.522. The highest BCUT2D eigenvalue weighted by Gasteiger charge is 2.27. The van der Waals surface area contributed by atoms with Gasteiger partial charge in [0, 0.05) is 37.1 Å². The summed E-state index contributed by atoms with van der Waals surface area (Å²) >= 11 is 0. The van der Waals surface area contributed by atoms with Gasteiger partial charge in [-0.3, -0.25) is 4.79 Å². The number of hydrogen-bond donors (Lipinski definition) is 0. The lowest BCUT2D eigenvalue weighted by atomic mass is 10.1. The molecule has 2 aromatic heterocycles. The van der Waals surface area contributed by atoms with E-state index >= 15 is 0 Å². The number of furan rings is 1. The molecule has 146 valence electrons. The molecule has 0 aliphatic carbocycles. The Morgan fingerprint density at radius 1 is 0.897 bits per heavy atom. The van der Waals surface area contributed by atoms with Crippen molar-refractivity contribution >= 4 is 33.7 Å². The van der Waals surface area contributed by atoms with Gasteiger partial charge in [-0.2, -0.15) is 0 Å². The molecule has 0 N–H and O–H groups in total. The van der Waals surface area contributed by atoms with Crippen molar-refractivity contribution in [2.75, 3.05) is 31.1 Å². The van der Waals surface area contributed by atoms with Gasteiger partial charge in [-0.05, 0) is 32.0 Å². The Labute approximate surface area is 168 Å². The van der Waals surface area contributed by atoms with E-state index in [-0.39, 0.29) is 5.91 Å². The minimum absolute atomic E-state index is 0.0420. The number of aromatic nitrogens is 2. The van der Waals surface area contributed by atoms with Crippen molar-refractivity contribution in [2.24, 2.45) is 0 Å². The molecule has 6 nitrogen and oxygen atoms in total. The Morgan fingerprint density at radius 3 is 2.28 bits per heavy atom. The number of nitrogens with zero attached hydrogens (tertiary/aromatic N) is 4. The summed E-state index contributed by atoms with van der Waals surface area (Å²) in [4.78, 5) is 26.6. The largest absolute Gasteiger partial charge is 0.451 e. The SMILES string of the molecule is Cc1nc2ccccc2nc1N1CCN(C(=O)c2oc3ccccc3c2C)CC1. The van der Waals surface area contributed by atoms with Gasteiger partial charge in [0.15, 0.2) is 11.6 Å². The van der Waals surface area contributed by atoms with Crippen LogP contribution in [-0.2, 0) is 0 Å². The molecule has 0 atom stereocenters. The summed E-state index contributed by atoms with van der Waals surface area (Å²) in [6.07, 6.45) is 0. The van der Waals surface area contributed by atoms with Crippen molar-refractivity contribution in [3.63, 3.8) is 0 Å². The molecule has 29 heavy (non-hydrogen) atoms. The first-order valence-corrected chi connectivity index (χ1v) is 9.87. The summed E-state index contributed by atoms with van der Waals surface area (Å²) in [5.74, 6) is 1.30. The van der Waals surface area contributed by atoms with Crippen LogP contribution in [0.2, 0.25) is 0 Å². The van der Waals surface area contributed by atoms with Crippen molar-refractivity contribution in [1.29, 1.82) is 0 Å². The molecule has 0 unspecified atom stereocenters. The molecule has 5 rings (SSSR count). The van der Waals surface area contributed by atoms with E-state index < -0.39 is 0 Å². The van der Waals surface area contributed by atoms with Crippen molar-refractivity contribution in [3.8, 4) is 0 Å². The van der Waals surface area contributed by atoms with Crippen LogP contribution in [0.4, 0.5) is 5.82 Å². The fourth-order valence-corrected chi connectivity index (χ4v) is 4.02. The van der Waals surface area contributed by atoms with Crippen molar-refractivity contribution in [2.45, 2.75) is 13.8 Å². The smallest absolute Gasteiger partial charge is 0.290 e. The van der Waals surface area contributed by atoms with Crippen LogP contribution in [0.3, 0.4) is 0 Å². The van der Waals surface area contributed by atoms with Crippen molar-refractivity contribution < 1.29 is 9.21 Å². The molecule has 0 saturated carbocycles. The fourth-order valence-electron chi connectivity index (χ4n) is 4.02. The number of fused-ring (bicyclic) bond motifs is 2. The molecule has 0 spiro atoms. The third kappa shape index (κ3) is 3.01. The van der Waals surface area contributed by atoms with E-state index in [1.807, 2.05) is 67.3 Å². The van der Waals surface area contributed by atoms with E-state index in [4.69, 9.17) is 9.40 Å². The Balaban J connectivity index is 1.35. The number of amides is 1. The standard InChI is InChI=1S/C23H22N4O2/c1-15-17-7-3-6-10-20(17)29-21(15)23(28)27-13-11-26(12-14-27)22-16(2)24-18-8-4-5-9-19(18)25-22/h3-10H,11-14H2,1-2H3. The van der Waals surface area contributed by atoms with Crippen LogP contribution in [-0.4, -0.2) is 47.0 Å². The van der Waals surface area contributed by atoms with E-state index in [0.717, 1.165) is 52.2 Å². The number of para-hydroxylation sites is 3. The van der Waals surface area contributed by atoms with Crippen LogP contribution < -0.4 is 4.90 Å². The Hall–Kier alpha value is -3.41. The predicted molar refractivity (Wildman–Crippen MR) is 113 cm³/mol. The number of piperazine rings is 1. The second-order valence-corrected chi connectivity index (χ2v) is 7.45. The summed E-state index contributed by atoms with van der Waals surface area (Å²) < 4.78 is 5.87. The minimum Gasteiger partial charge on any atom is -0.451 e. The zero-order valence-electron chi connectivity index (χ0n) is 16.6. The van der Waals surface area contributed by atoms with E-state index in [1.165, 1.54) is 0 Å². The van der Waals surface area contributed by atoms with Gasteiger partial charge in [0.05, 0.1) is 16.7 Å². The molecule has 1 aliphatic rings. The van der Waals surface area contributed by atoms with Crippen LogP contribution in [0.1, 0.15) is 21.8 Å². The van der Waals surface area contributed by atoms with Crippen LogP contribution >= 0.6 is 0 Å². The maximum absolute atomic E-state index is 13.1. The Morgan fingerprint density at radius 2 is 1.55 bits per heavy atom. The number of carbonyl (C=O) groups is 1. The third-order valence-electron chi connectivity index (χ3n) is 5.62. The van der Waals surface area contributed by atoms with Gasteiger partial charge in [-0.1, -0.05) is 30.3 Å². The first-order valence-electron chi connectivity index (χ1n) is 9.87. The Kier molecular flexibility index (Phi) is 4.19. The molecule has 0 bridgehead atoms. The average Bonchev–Trinajstić information content (AvgIpc) is 3.10.